The molecule has 234 valence electrons. The lowest BCUT2D eigenvalue weighted by atomic mass is 9.92. The SMILES string of the molecule is c1ccc(-c2cccc(-c3nc(-c4ccccc4)nc(-c4ccc5cc(-c6ccccc6-c6ccc7ccccc7c6)ccc5c4)n3)c2)cc1. The highest BCUT2D eigenvalue weighted by Gasteiger charge is 2.14. The minimum Gasteiger partial charge on any atom is -0.208 e. The summed E-state index contributed by atoms with van der Waals surface area (Å²) in [6.45, 7) is 0. The van der Waals surface area contributed by atoms with Crippen LogP contribution in [0.4, 0.5) is 0 Å². The second-order valence-corrected chi connectivity index (χ2v) is 12.5. The summed E-state index contributed by atoms with van der Waals surface area (Å²) in [6, 6.07) is 66.0. The molecular formula is C47H31N3. The van der Waals surface area contributed by atoms with E-state index in [1.165, 1.54) is 33.0 Å². The molecule has 9 aromatic rings. The summed E-state index contributed by atoms with van der Waals surface area (Å²) in [7, 11) is 0. The van der Waals surface area contributed by atoms with Gasteiger partial charge in [0, 0.05) is 16.7 Å². The average Bonchev–Trinajstić information content (AvgIpc) is 3.21. The van der Waals surface area contributed by atoms with Gasteiger partial charge >= 0.3 is 0 Å². The van der Waals surface area contributed by atoms with E-state index in [2.05, 4.69) is 152 Å². The molecule has 8 aromatic carbocycles. The maximum absolute atomic E-state index is 5.05. The fourth-order valence-electron chi connectivity index (χ4n) is 6.71. The predicted octanol–water partition coefficient (Wildman–Crippen LogP) is 12.2. The minimum absolute atomic E-state index is 0.645. The Bertz CT molecular complexity index is 2650. The van der Waals surface area contributed by atoms with Crippen LogP contribution in [-0.4, -0.2) is 15.0 Å². The van der Waals surface area contributed by atoms with Gasteiger partial charge in [0.05, 0.1) is 0 Å². The quantitative estimate of drug-likeness (QED) is 0.182. The molecule has 0 fully saturated rings. The summed E-state index contributed by atoms with van der Waals surface area (Å²) in [5.74, 6) is 1.94. The van der Waals surface area contributed by atoms with Crippen molar-refractivity contribution < 1.29 is 0 Å². The van der Waals surface area contributed by atoms with Crippen molar-refractivity contribution in [3.05, 3.63) is 188 Å². The first kappa shape index (κ1) is 29.4. The highest BCUT2D eigenvalue weighted by atomic mass is 15.0. The Labute approximate surface area is 291 Å². The molecule has 1 heterocycles. The molecule has 0 atom stereocenters. The van der Waals surface area contributed by atoms with Gasteiger partial charge in [0.25, 0.3) is 0 Å². The Morgan fingerprint density at radius 1 is 0.220 bits per heavy atom. The topological polar surface area (TPSA) is 38.7 Å². The van der Waals surface area contributed by atoms with Gasteiger partial charge < -0.3 is 0 Å². The van der Waals surface area contributed by atoms with Crippen LogP contribution in [0.25, 0.3) is 89.1 Å². The van der Waals surface area contributed by atoms with Gasteiger partial charge in [0.2, 0.25) is 0 Å². The second kappa shape index (κ2) is 12.7. The molecule has 0 saturated carbocycles. The van der Waals surface area contributed by atoms with E-state index in [1.807, 2.05) is 36.4 Å². The molecule has 0 N–H and O–H groups in total. The summed E-state index contributed by atoms with van der Waals surface area (Å²) >= 11 is 0. The van der Waals surface area contributed by atoms with Crippen LogP contribution >= 0.6 is 0 Å². The van der Waals surface area contributed by atoms with E-state index in [4.69, 9.17) is 15.0 Å². The summed E-state index contributed by atoms with van der Waals surface area (Å²) in [5.41, 5.74) is 9.94. The number of nitrogens with zero attached hydrogens (tertiary/aromatic N) is 3. The van der Waals surface area contributed by atoms with Crippen LogP contribution in [0.5, 0.6) is 0 Å². The smallest absolute Gasteiger partial charge is 0.164 e. The molecule has 3 nitrogen and oxygen atoms in total. The van der Waals surface area contributed by atoms with Crippen molar-refractivity contribution in [1.29, 1.82) is 0 Å². The van der Waals surface area contributed by atoms with Gasteiger partial charge in [-0.05, 0) is 79.2 Å². The third kappa shape index (κ3) is 5.72. The zero-order valence-corrected chi connectivity index (χ0v) is 27.2. The third-order valence-corrected chi connectivity index (χ3v) is 9.29. The van der Waals surface area contributed by atoms with Crippen molar-refractivity contribution in [2.24, 2.45) is 0 Å². The van der Waals surface area contributed by atoms with Gasteiger partial charge in [-0.2, -0.15) is 0 Å². The number of fused-ring (bicyclic) bond motifs is 2. The van der Waals surface area contributed by atoms with Gasteiger partial charge in [0.15, 0.2) is 17.5 Å². The number of rotatable bonds is 6. The fourth-order valence-corrected chi connectivity index (χ4v) is 6.71. The van der Waals surface area contributed by atoms with Gasteiger partial charge in [-0.3, -0.25) is 0 Å². The molecule has 0 unspecified atom stereocenters. The van der Waals surface area contributed by atoms with E-state index in [0.29, 0.717) is 17.5 Å². The fraction of sp³-hybridized carbons (Fsp3) is 0. The first-order chi connectivity index (χ1) is 24.7. The lowest BCUT2D eigenvalue weighted by Gasteiger charge is -2.13. The van der Waals surface area contributed by atoms with Crippen molar-refractivity contribution in [2.45, 2.75) is 0 Å². The van der Waals surface area contributed by atoms with Crippen LogP contribution in [0.1, 0.15) is 0 Å². The number of aromatic nitrogens is 3. The van der Waals surface area contributed by atoms with E-state index < -0.39 is 0 Å². The average molecular weight is 638 g/mol. The summed E-state index contributed by atoms with van der Waals surface area (Å²) in [5, 5.41) is 4.78. The van der Waals surface area contributed by atoms with E-state index in [-0.39, 0.29) is 0 Å². The highest BCUT2D eigenvalue weighted by molar-refractivity contribution is 5.95. The molecule has 9 rings (SSSR count). The lowest BCUT2D eigenvalue weighted by molar-refractivity contribution is 1.07. The Kier molecular flexibility index (Phi) is 7.49. The molecule has 3 heteroatoms. The molecule has 0 aliphatic heterocycles. The number of hydrogen-bond acceptors (Lipinski definition) is 3. The molecule has 0 aliphatic carbocycles. The molecule has 1 aromatic heterocycles. The van der Waals surface area contributed by atoms with Crippen LogP contribution < -0.4 is 0 Å². The van der Waals surface area contributed by atoms with E-state index >= 15 is 0 Å². The zero-order valence-electron chi connectivity index (χ0n) is 27.2. The first-order valence-electron chi connectivity index (χ1n) is 16.9. The van der Waals surface area contributed by atoms with Crippen molar-refractivity contribution in [3.63, 3.8) is 0 Å². The Balaban J connectivity index is 1.11. The molecule has 0 radical (unpaired) electrons. The summed E-state index contributed by atoms with van der Waals surface area (Å²) < 4.78 is 0. The van der Waals surface area contributed by atoms with Crippen LogP contribution in [0.3, 0.4) is 0 Å². The molecule has 0 bridgehead atoms. The molecule has 50 heavy (non-hydrogen) atoms. The van der Waals surface area contributed by atoms with Crippen LogP contribution in [-0.2, 0) is 0 Å². The molecule has 0 saturated heterocycles. The molecule has 0 spiro atoms. The molecule has 0 aliphatic rings. The maximum Gasteiger partial charge on any atom is 0.164 e. The number of hydrogen-bond donors (Lipinski definition) is 0. The van der Waals surface area contributed by atoms with Crippen molar-refractivity contribution in [1.82, 2.24) is 15.0 Å². The Hall–Kier alpha value is -6.71. The number of benzene rings is 8. The van der Waals surface area contributed by atoms with Crippen LogP contribution in [0, 0.1) is 0 Å². The second-order valence-electron chi connectivity index (χ2n) is 12.5. The normalized spacial score (nSPS) is 11.2. The molecular weight excluding hydrogens is 607 g/mol. The van der Waals surface area contributed by atoms with E-state index in [0.717, 1.165) is 38.6 Å². The van der Waals surface area contributed by atoms with Crippen LogP contribution in [0.15, 0.2) is 188 Å². The van der Waals surface area contributed by atoms with E-state index in [1.54, 1.807) is 0 Å². The summed E-state index contributed by atoms with van der Waals surface area (Å²) in [6.07, 6.45) is 0. The summed E-state index contributed by atoms with van der Waals surface area (Å²) in [4.78, 5) is 15.0. The lowest BCUT2D eigenvalue weighted by Crippen LogP contribution is -2.00. The maximum atomic E-state index is 5.05. The Morgan fingerprint density at radius 2 is 0.620 bits per heavy atom. The third-order valence-electron chi connectivity index (χ3n) is 9.29. The monoisotopic (exact) mass is 637 g/mol. The highest BCUT2D eigenvalue weighted by Crippen LogP contribution is 2.36. The van der Waals surface area contributed by atoms with Gasteiger partial charge in [-0.15, -0.1) is 0 Å². The van der Waals surface area contributed by atoms with Crippen molar-refractivity contribution >= 4 is 21.5 Å². The standard InChI is InChI=1S/C47H31N3/c1-3-12-32(13-4-1)36-18-11-19-41(30-36)46-48-45(34-15-5-2-6-16-34)49-47(50-46)42-27-24-37-29-40(26-23-38(37)31-42)44-21-10-9-20-43(44)39-25-22-33-14-7-8-17-35(33)28-39/h1-31H. The van der Waals surface area contributed by atoms with Crippen LogP contribution in [0.2, 0.25) is 0 Å². The van der Waals surface area contributed by atoms with Gasteiger partial charge in [-0.1, -0.05) is 164 Å². The van der Waals surface area contributed by atoms with Gasteiger partial charge in [0.1, 0.15) is 0 Å². The van der Waals surface area contributed by atoms with Gasteiger partial charge in [-0.25, -0.2) is 15.0 Å². The minimum atomic E-state index is 0.645. The zero-order chi connectivity index (χ0) is 33.3. The van der Waals surface area contributed by atoms with E-state index in [9.17, 15) is 0 Å². The Morgan fingerprint density at radius 3 is 1.26 bits per heavy atom. The van der Waals surface area contributed by atoms with Crippen molar-refractivity contribution in [2.75, 3.05) is 0 Å². The first-order valence-corrected chi connectivity index (χ1v) is 16.9. The largest absolute Gasteiger partial charge is 0.208 e. The predicted molar refractivity (Wildman–Crippen MR) is 207 cm³/mol. The molecule has 0 amide bonds. The van der Waals surface area contributed by atoms with Crippen molar-refractivity contribution in [3.8, 4) is 67.5 Å².